The van der Waals surface area contributed by atoms with Crippen molar-refractivity contribution in [1.29, 1.82) is 0 Å². The van der Waals surface area contributed by atoms with E-state index in [0.717, 1.165) is 24.8 Å². The van der Waals surface area contributed by atoms with Crippen molar-refractivity contribution >= 4 is 0 Å². The largest absolute Gasteiger partial charge is 0.330 e. The maximum Gasteiger partial charge on any atom is 0.000945 e. The molecule has 0 fully saturated rings. The molecule has 0 saturated heterocycles. The van der Waals surface area contributed by atoms with Gasteiger partial charge in [0.25, 0.3) is 0 Å². The van der Waals surface area contributed by atoms with Crippen LogP contribution in [-0.4, -0.2) is 31.1 Å². The van der Waals surface area contributed by atoms with E-state index in [1.165, 1.54) is 32.5 Å². The van der Waals surface area contributed by atoms with E-state index in [-0.39, 0.29) is 0 Å². The van der Waals surface area contributed by atoms with Gasteiger partial charge in [0.15, 0.2) is 0 Å². The summed E-state index contributed by atoms with van der Waals surface area (Å²) in [5.74, 6) is 1.61. The molecule has 0 saturated carbocycles. The Balaban J connectivity index is 3.90. The van der Waals surface area contributed by atoms with Gasteiger partial charge in [-0.15, -0.1) is 0 Å². The van der Waals surface area contributed by atoms with Crippen LogP contribution in [0.5, 0.6) is 0 Å². The van der Waals surface area contributed by atoms with Gasteiger partial charge in [0, 0.05) is 13.1 Å². The van der Waals surface area contributed by atoms with Gasteiger partial charge in [-0.3, -0.25) is 0 Å². The van der Waals surface area contributed by atoms with Crippen LogP contribution >= 0.6 is 0 Å². The SMILES string of the molecule is CCC(CC)CN(CC)CC(C)CCN. The first-order valence-electron chi connectivity index (χ1n) is 6.60. The van der Waals surface area contributed by atoms with Gasteiger partial charge in [0.1, 0.15) is 0 Å². The predicted molar refractivity (Wildman–Crippen MR) is 69.0 cm³/mol. The summed E-state index contributed by atoms with van der Waals surface area (Å²) < 4.78 is 0. The molecule has 0 radical (unpaired) electrons. The molecule has 1 unspecified atom stereocenters. The first kappa shape index (κ1) is 14.9. The van der Waals surface area contributed by atoms with Crippen LogP contribution in [0, 0.1) is 11.8 Å². The zero-order valence-electron chi connectivity index (χ0n) is 11.1. The van der Waals surface area contributed by atoms with E-state index < -0.39 is 0 Å². The Kier molecular flexibility index (Phi) is 9.12. The molecule has 0 aromatic heterocycles. The van der Waals surface area contributed by atoms with Crippen molar-refractivity contribution in [3.63, 3.8) is 0 Å². The summed E-state index contributed by atoms with van der Waals surface area (Å²) in [6.07, 6.45) is 3.76. The minimum atomic E-state index is 0.740. The van der Waals surface area contributed by atoms with Gasteiger partial charge in [0.05, 0.1) is 0 Å². The molecular weight excluding hydrogens is 184 g/mol. The van der Waals surface area contributed by atoms with Crippen LogP contribution in [0.3, 0.4) is 0 Å². The first-order chi connectivity index (χ1) is 7.17. The molecule has 2 nitrogen and oxygen atoms in total. The molecule has 92 valence electrons. The van der Waals surface area contributed by atoms with Crippen molar-refractivity contribution in [3.8, 4) is 0 Å². The van der Waals surface area contributed by atoms with Crippen LogP contribution in [0.2, 0.25) is 0 Å². The minimum absolute atomic E-state index is 0.740. The molecule has 0 amide bonds. The van der Waals surface area contributed by atoms with Crippen molar-refractivity contribution in [2.24, 2.45) is 17.6 Å². The van der Waals surface area contributed by atoms with E-state index in [2.05, 4.69) is 32.6 Å². The van der Waals surface area contributed by atoms with Gasteiger partial charge in [-0.1, -0.05) is 40.5 Å². The van der Waals surface area contributed by atoms with Crippen LogP contribution in [0.4, 0.5) is 0 Å². The summed E-state index contributed by atoms with van der Waals surface area (Å²) in [5, 5.41) is 0. The number of hydrogen-bond donors (Lipinski definition) is 1. The van der Waals surface area contributed by atoms with Crippen molar-refractivity contribution in [2.45, 2.75) is 47.0 Å². The van der Waals surface area contributed by atoms with Gasteiger partial charge in [-0.2, -0.15) is 0 Å². The third kappa shape index (κ3) is 6.91. The lowest BCUT2D eigenvalue weighted by molar-refractivity contribution is 0.203. The third-order valence-electron chi connectivity index (χ3n) is 3.35. The Bertz CT molecular complexity index is 132. The van der Waals surface area contributed by atoms with Crippen LogP contribution in [-0.2, 0) is 0 Å². The summed E-state index contributed by atoms with van der Waals surface area (Å²) in [7, 11) is 0. The zero-order valence-corrected chi connectivity index (χ0v) is 11.1. The lowest BCUT2D eigenvalue weighted by Crippen LogP contribution is -2.33. The van der Waals surface area contributed by atoms with Gasteiger partial charge in [-0.25, -0.2) is 0 Å². The highest BCUT2D eigenvalue weighted by atomic mass is 15.1. The summed E-state index contributed by atoms with van der Waals surface area (Å²) in [6, 6.07) is 0. The van der Waals surface area contributed by atoms with Gasteiger partial charge >= 0.3 is 0 Å². The highest BCUT2D eigenvalue weighted by molar-refractivity contribution is 4.66. The van der Waals surface area contributed by atoms with Gasteiger partial charge < -0.3 is 10.6 Å². The molecule has 0 aliphatic heterocycles. The summed E-state index contributed by atoms with van der Waals surface area (Å²) in [6.45, 7) is 13.6. The minimum Gasteiger partial charge on any atom is -0.330 e. The Morgan fingerprint density at radius 3 is 2.07 bits per heavy atom. The second-order valence-corrected chi connectivity index (χ2v) is 4.72. The lowest BCUT2D eigenvalue weighted by Gasteiger charge is -2.27. The molecule has 0 rings (SSSR count). The maximum absolute atomic E-state index is 5.58. The quantitative estimate of drug-likeness (QED) is 0.639. The fourth-order valence-electron chi connectivity index (χ4n) is 2.06. The zero-order chi connectivity index (χ0) is 11.7. The Morgan fingerprint density at radius 1 is 1.07 bits per heavy atom. The Labute approximate surface area is 96.2 Å². The smallest absolute Gasteiger partial charge is 0.000945 e. The normalized spacial score (nSPS) is 13.8. The number of hydrogen-bond acceptors (Lipinski definition) is 2. The number of nitrogens with two attached hydrogens (primary N) is 1. The fraction of sp³-hybridized carbons (Fsp3) is 1.00. The van der Waals surface area contributed by atoms with Crippen LogP contribution in [0.15, 0.2) is 0 Å². The number of rotatable bonds is 9. The van der Waals surface area contributed by atoms with E-state index in [1.807, 2.05) is 0 Å². The highest BCUT2D eigenvalue weighted by Gasteiger charge is 2.12. The molecule has 15 heavy (non-hydrogen) atoms. The fourth-order valence-corrected chi connectivity index (χ4v) is 2.06. The monoisotopic (exact) mass is 214 g/mol. The molecular formula is C13H30N2. The van der Waals surface area contributed by atoms with Crippen molar-refractivity contribution < 1.29 is 0 Å². The average Bonchev–Trinajstić information content (AvgIpc) is 2.24. The molecule has 2 N–H and O–H groups in total. The molecule has 0 heterocycles. The predicted octanol–water partition coefficient (Wildman–Crippen LogP) is 2.73. The van der Waals surface area contributed by atoms with E-state index in [4.69, 9.17) is 5.73 Å². The number of nitrogens with zero attached hydrogens (tertiary/aromatic N) is 1. The molecule has 0 aliphatic rings. The van der Waals surface area contributed by atoms with Gasteiger partial charge in [0.2, 0.25) is 0 Å². The molecule has 0 spiro atoms. The standard InChI is InChI=1S/C13H30N2/c1-5-13(6-2)11-15(7-3)10-12(4)8-9-14/h12-13H,5-11,14H2,1-4H3. The lowest BCUT2D eigenvalue weighted by atomic mass is 10.0. The molecule has 0 aliphatic carbocycles. The summed E-state index contributed by atoms with van der Waals surface area (Å²) >= 11 is 0. The molecule has 0 bridgehead atoms. The van der Waals surface area contributed by atoms with Crippen molar-refractivity contribution in [2.75, 3.05) is 26.2 Å². The molecule has 0 aromatic carbocycles. The van der Waals surface area contributed by atoms with Crippen LogP contribution < -0.4 is 5.73 Å². The van der Waals surface area contributed by atoms with E-state index in [9.17, 15) is 0 Å². The second kappa shape index (κ2) is 9.17. The van der Waals surface area contributed by atoms with E-state index in [0.29, 0.717) is 0 Å². The van der Waals surface area contributed by atoms with E-state index in [1.54, 1.807) is 0 Å². The summed E-state index contributed by atoms with van der Waals surface area (Å²) in [5.41, 5.74) is 5.58. The second-order valence-electron chi connectivity index (χ2n) is 4.72. The molecule has 0 aromatic rings. The van der Waals surface area contributed by atoms with E-state index >= 15 is 0 Å². The molecule has 2 heteroatoms. The Hall–Kier alpha value is -0.0800. The average molecular weight is 214 g/mol. The van der Waals surface area contributed by atoms with Crippen molar-refractivity contribution in [3.05, 3.63) is 0 Å². The van der Waals surface area contributed by atoms with Crippen LogP contribution in [0.1, 0.15) is 47.0 Å². The van der Waals surface area contributed by atoms with Gasteiger partial charge in [-0.05, 0) is 31.3 Å². The van der Waals surface area contributed by atoms with Crippen molar-refractivity contribution in [1.82, 2.24) is 4.90 Å². The topological polar surface area (TPSA) is 29.3 Å². The highest BCUT2D eigenvalue weighted by Crippen LogP contribution is 2.12. The summed E-state index contributed by atoms with van der Waals surface area (Å²) in [4.78, 5) is 2.58. The maximum atomic E-state index is 5.58. The van der Waals surface area contributed by atoms with Crippen LogP contribution in [0.25, 0.3) is 0 Å². The third-order valence-corrected chi connectivity index (χ3v) is 3.35. The molecule has 1 atom stereocenters. The Morgan fingerprint density at radius 2 is 1.67 bits per heavy atom. The first-order valence-corrected chi connectivity index (χ1v) is 6.60.